The zero-order chi connectivity index (χ0) is 9.94. The molecule has 1 N–H and O–H groups in total. The van der Waals surface area contributed by atoms with Gasteiger partial charge in [-0.3, -0.25) is 0 Å². The largest absolute Gasteiger partial charge is 0.309 e. The third-order valence-electron chi connectivity index (χ3n) is 0.295. The Morgan fingerprint density at radius 1 is 2.14 bits per heavy atom. The molecule has 1 heteroatoms. The maximum atomic E-state index is 7.12. The van der Waals surface area contributed by atoms with Crippen molar-refractivity contribution in [1.29, 1.82) is 5.41 Å². The molecule has 7 heavy (non-hydrogen) atoms. The lowest BCUT2D eigenvalue weighted by atomic mass is 10.3. The zero-order valence-electron chi connectivity index (χ0n) is 8.78. The van der Waals surface area contributed by atoms with E-state index in [1.54, 1.807) is 0 Å². The molecule has 0 bridgehead atoms. The van der Waals surface area contributed by atoms with Gasteiger partial charge in [-0.05, 0) is 12.9 Å². The highest BCUT2D eigenvalue weighted by molar-refractivity contribution is 5.68. The number of allylic oxidation sites excluding steroid dienone is 3. The first-order valence-electron chi connectivity index (χ1n) is 4.18. The second-order valence-corrected chi connectivity index (χ2v) is 0.892. The molecule has 0 aromatic rings. The first-order valence-corrected chi connectivity index (χ1v) is 1.68. The molecule has 0 fully saturated rings. The third kappa shape index (κ3) is 5.15. The Bertz CT molecular complexity index is 237. The van der Waals surface area contributed by atoms with Crippen LogP contribution in [-0.4, -0.2) is 6.21 Å². The van der Waals surface area contributed by atoms with Crippen LogP contribution in [0.3, 0.4) is 0 Å². The SMILES string of the molecule is [2H]/C(C=N)=C(\[2H])C(=C)C([2H])([2H])[2H]. The van der Waals surface area contributed by atoms with Crippen molar-refractivity contribution in [3.8, 4) is 0 Å². The lowest BCUT2D eigenvalue weighted by Gasteiger charge is -1.76. The monoisotopic (exact) mass is 100 g/mol. The van der Waals surface area contributed by atoms with Gasteiger partial charge in [0, 0.05) is 10.3 Å². The molecule has 0 aliphatic rings. The second-order valence-electron chi connectivity index (χ2n) is 0.892. The molecule has 0 radical (unpaired) electrons. The van der Waals surface area contributed by atoms with Gasteiger partial charge in [0.1, 0.15) is 0 Å². The molecule has 0 aliphatic carbocycles. The standard InChI is InChI=1S/C6H9N/c1-6(2)4-3-5-7/h3-5,7H,1H2,2H3/b4-3-,7-5?/i2D3,3D,4D. The number of nitrogens with one attached hydrogen (secondary N) is 1. The van der Waals surface area contributed by atoms with Crippen LogP contribution in [0.5, 0.6) is 0 Å². The molecular formula is C6H9N. The van der Waals surface area contributed by atoms with Gasteiger partial charge in [-0.1, -0.05) is 18.2 Å². The van der Waals surface area contributed by atoms with Crippen molar-refractivity contribution >= 4 is 6.21 Å². The number of hydrogen-bond donors (Lipinski definition) is 1. The maximum Gasteiger partial charge on any atom is 0.0639 e. The number of rotatable bonds is 2. The van der Waals surface area contributed by atoms with E-state index in [9.17, 15) is 0 Å². The van der Waals surface area contributed by atoms with E-state index in [-0.39, 0.29) is 0 Å². The Labute approximate surface area is 50.9 Å². The van der Waals surface area contributed by atoms with Crippen molar-refractivity contribution in [3.63, 3.8) is 0 Å². The fourth-order valence-corrected chi connectivity index (χ4v) is 0.123. The van der Waals surface area contributed by atoms with Gasteiger partial charge in [-0.2, -0.15) is 0 Å². The first kappa shape index (κ1) is 1.58. The normalized spacial score (nSPS) is 24.3. The fraction of sp³-hybridized carbons (Fsp3) is 0.167. The molecule has 0 aliphatic heterocycles. The summed E-state index contributed by atoms with van der Waals surface area (Å²) < 4.78 is 34.7. The Morgan fingerprint density at radius 3 is 3.29 bits per heavy atom. The van der Waals surface area contributed by atoms with E-state index in [1.807, 2.05) is 0 Å². The highest BCUT2D eigenvalue weighted by atomic mass is 14.3. The van der Waals surface area contributed by atoms with Gasteiger partial charge in [-0.15, -0.1) is 0 Å². The van der Waals surface area contributed by atoms with Gasteiger partial charge >= 0.3 is 0 Å². The van der Waals surface area contributed by atoms with Gasteiger partial charge < -0.3 is 5.41 Å². The van der Waals surface area contributed by atoms with E-state index < -0.39 is 24.5 Å². The molecule has 0 aromatic carbocycles. The summed E-state index contributed by atoms with van der Waals surface area (Å²) in [6, 6.07) is -0.957. The summed E-state index contributed by atoms with van der Waals surface area (Å²) in [4.78, 5) is 0. The highest BCUT2D eigenvalue weighted by Gasteiger charge is 1.66. The van der Waals surface area contributed by atoms with Crippen molar-refractivity contribution in [2.24, 2.45) is 0 Å². The van der Waals surface area contributed by atoms with Crippen molar-refractivity contribution in [2.75, 3.05) is 0 Å². The van der Waals surface area contributed by atoms with E-state index in [0.29, 0.717) is 6.21 Å². The predicted molar refractivity (Wildman–Crippen MR) is 32.7 cm³/mol. The number of hydrogen-bond acceptors (Lipinski definition) is 1. The minimum atomic E-state index is -2.45. The van der Waals surface area contributed by atoms with Crippen molar-refractivity contribution in [3.05, 3.63) is 24.3 Å². The van der Waals surface area contributed by atoms with Crippen LogP contribution in [0.15, 0.2) is 24.3 Å². The molecule has 0 saturated heterocycles. The van der Waals surface area contributed by atoms with Crippen LogP contribution >= 0.6 is 0 Å². The Hall–Kier alpha value is -0.850. The van der Waals surface area contributed by atoms with Crippen LogP contribution in [0, 0.1) is 5.41 Å². The molecule has 0 spiro atoms. The average molecular weight is 100 g/mol. The molecule has 0 unspecified atom stereocenters. The first-order chi connectivity index (χ1) is 5.30. The van der Waals surface area contributed by atoms with E-state index in [2.05, 4.69) is 6.58 Å². The molecule has 0 rings (SSSR count). The Kier molecular flexibility index (Phi) is 0.756. The smallest absolute Gasteiger partial charge is 0.0639 e. The molecule has 0 amide bonds. The quantitative estimate of drug-likeness (QED) is 0.404. The summed E-state index contributed by atoms with van der Waals surface area (Å²) in [6.07, 6.45) is 0.610. The van der Waals surface area contributed by atoms with Crippen LogP contribution in [0.25, 0.3) is 0 Å². The van der Waals surface area contributed by atoms with E-state index in [1.165, 1.54) is 0 Å². The van der Waals surface area contributed by atoms with Gasteiger partial charge in [0.05, 0.1) is 2.74 Å². The lowest BCUT2D eigenvalue weighted by molar-refractivity contribution is 1.55. The zero-order valence-corrected chi connectivity index (χ0v) is 3.78. The minimum Gasteiger partial charge on any atom is -0.309 e. The van der Waals surface area contributed by atoms with Crippen LogP contribution in [-0.2, 0) is 0 Å². The fourth-order valence-electron chi connectivity index (χ4n) is 0.123. The molecule has 1 nitrogen and oxygen atoms in total. The van der Waals surface area contributed by atoms with E-state index >= 15 is 0 Å². The molecule has 38 valence electrons. The summed E-state index contributed by atoms with van der Waals surface area (Å²) >= 11 is 0. The van der Waals surface area contributed by atoms with Crippen molar-refractivity contribution < 1.29 is 6.85 Å². The molecule has 0 saturated carbocycles. The second kappa shape index (κ2) is 3.34. The van der Waals surface area contributed by atoms with Crippen molar-refractivity contribution in [2.45, 2.75) is 6.85 Å². The average Bonchev–Trinajstić information content (AvgIpc) is 1.98. The Balaban J connectivity index is 4.85. The van der Waals surface area contributed by atoms with Gasteiger partial charge in [0.2, 0.25) is 0 Å². The van der Waals surface area contributed by atoms with E-state index in [4.69, 9.17) is 12.3 Å². The third-order valence-corrected chi connectivity index (χ3v) is 0.295. The van der Waals surface area contributed by atoms with Crippen LogP contribution < -0.4 is 0 Å². The van der Waals surface area contributed by atoms with Gasteiger partial charge in [-0.25, -0.2) is 0 Å². The lowest BCUT2D eigenvalue weighted by Crippen LogP contribution is -1.60. The topological polar surface area (TPSA) is 23.9 Å². The van der Waals surface area contributed by atoms with Gasteiger partial charge in [0.15, 0.2) is 0 Å². The highest BCUT2D eigenvalue weighted by Crippen LogP contribution is 1.84. The summed E-state index contributed by atoms with van der Waals surface area (Å²) in [5.41, 5.74) is -0.406. The summed E-state index contributed by atoms with van der Waals surface area (Å²) in [5, 5.41) is 6.62. The van der Waals surface area contributed by atoms with E-state index in [0.717, 1.165) is 0 Å². The molecule has 0 atom stereocenters. The summed E-state index contributed by atoms with van der Waals surface area (Å²) in [5.74, 6) is 0. The molecular weight excluding hydrogens is 86.1 g/mol. The van der Waals surface area contributed by atoms with Crippen LogP contribution in [0.4, 0.5) is 0 Å². The van der Waals surface area contributed by atoms with Gasteiger partial charge in [0.25, 0.3) is 0 Å². The summed E-state index contributed by atoms with van der Waals surface area (Å²) in [6.45, 7) is 0.712. The molecule has 0 heterocycles. The Morgan fingerprint density at radius 2 is 2.86 bits per heavy atom. The minimum absolute atomic E-state index is 0.406. The summed E-state index contributed by atoms with van der Waals surface area (Å²) in [7, 11) is 0. The molecule has 0 aromatic heterocycles. The van der Waals surface area contributed by atoms with Crippen LogP contribution in [0.1, 0.15) is 13.7 Å². The van der Waals surface area contributed by atoms with Crippen LogP contribution in [0.2, 0.25) is 0 Å². The van der Waals surface area contributed by atoms with Crippen molar-refractivity contribution in [1.82, 2.24) is 0 Å². The maximum absolute atomic E-state index is 7.12. The predicted octanol–water partition coefficient (Wildman–Crippen LogP) is 1.77.